The topological polar surface area (TPSA) is 79.7 Å². The molecule has 5 nitrogen and oxygen atoms in total. The maximum atomic E-state index is 6.16. The van der Waals surface area contributed by atoms with Crippen molar-refractivity contribution in [3.8, 4) is 17.2 Å². The Kier molecular flexibility index (Phi) is 8.06. The fourth-order valence-electron chi connectivity index (χ4n) is 4.17. The van der Waals surface area contributed by atoms with Gasteiger partial charge in [0.15, 0.2) is 0 Å². The summed E-state index contributed by atoms with van der Waals surface area (Å²) in [6, 6.07) is 7.95. The number of benzene rings is 2. The van der Waals surface area contributed by atoms with E-state index in [4.69, 9.17) is 25.7 Å². The van der Waals surface area contributed by atoms with Crippen molar-refractivity contribution in [3.63, 3.8) is 0 Å². The first-order valence-corrected chi connectivity index (χ1v) is 10.4. The second kappa shape index (κ2) is 10.3. The van der Waals surface area contributed by atoms with Crippen LogP contribution in [0.2, 0.25) is 0 Å². The second-order valence-electron chi connectivity index (χ2n) is 7.58. The number of methoxy groups -OCH3 is 3. The molecule has 0 radical (unpaired) electrons. The molecule has 2 aromatic rings. The van der Waals surface area contributed by atoms with E-state index < -0.39 is 0 Å². The molecule has 0 bridgehead atoms. The Balaban J connectivity index is 2.76. The zero-order chi connectivity index (χ0) is 21.6. The van der Waals surface area contributed by atoms with Crippen molar-refractivity contribution in [2.24, 2.45) is 5.92 Å². The lowest BCUT2D eigenvalue weighted by atomic mass is 9.75. The minimum Gasteiger partial charge on any atom is -0.496 e. The van der Waals surface area contributed by atoms with Crippen molar-refractivity contribution >= 4 is 11.4 Å². The van der Waals surface area contributed by atoms with Crippen LogP contribution in [0, 0.1) is 12.8 Å². The lowest BCUT2D eigenvalue weighted by Gasteiger charge is -2.31. The number of nitrogens with two attached hydrogens (primary N) is 2. The van der Waals surface area contributed by atoms with Crippen LogP contribution in [-0.2, 0) is 0 Å². The molecule has 4 N–H and O–H groups in total. The molecule has 0 aliphatic rings. The molecule has 160 valence electrons. The van der Waals surface area contributed by atoms with E-state index in [0.29, 0.717) is 28.8 Å². The minimum absolute atomic E-state index is 0.116. The highest BCUT2D eigenvalue weighted by atomic mass is 16.5. The van der Waals surface area contributed by atoms with Crippen LogP contribution < -0.4 is 25.7 Å². The standard InChI is InChI=1S/C24H36N2O3/c1-7-9-10-16(8-2)24(17-12-22(28-5)19(25)11-15(17)3)18-13-23(29-6)20(26)14-21(18)27-4/h11-14,16,24H,7-10,25-26H2,1-6H3. The third kappa shape index (κ3) is 4.89. The predicted molar refractivity (Wildman–Crippen MR) is 121 cm³/mol. The van der Waals surface area contributed by atoms with E-state index in [1.165, 1.54) is 12.0 Å². The van der Waals surface area contributed by atoms with Gasteiger partial charge in [0, 0.05) is 17.5 Å². The number of hydrogen-bond acceptors (Lipinski definition) is 5. The SMILES string of the molecule is CCCCC(CC)C(c1cc(OC)c(N)cc1C)c1cc(OC)c(N)cc1OC. The normalized spacial score (nSPS) is 13.0. The molecule has 0 aliphatic heterocycles. The Bertz CT molecular complexity index is 820. The summed E-state index contributed by atoms with van der Waals surface area (Å²) in [5.41, 5.74) is 17.0. The van der Waals surface area contributed by atoms with Crippen LogP contribution in [0.5, 0.6) is 17.2 Å². The summed E-state index contributed by atoms with van der Waals surface area (Å²) in [6.07, 6.45) is 4.51. The van der Waals surface area contributed by atoms with Gasteiger partial charge in [0.25, 0.3) is 0 Å². The van der Waals surface area contributed by atoms with Gasteiger partial charge in [0.2, 0.25) is 0 Å². The molecule has 0 spiro atoms. The Morgan fingerprint density at radius 2 is 1.34 bits per heavy atom. The van der Waals surface area contributed by atoms with Gasteiger partial charge in [0.1, 0.15) is 17.2 Å². The van der Waals surface area contributed by atoms with E-state index in [-0.39, 0.29) is 5.92 Å². The Hall–Kier alpha value is -2.56. The van der Waals surface area contributed by atoms with Crippen LogP contribution in [0.3, 0.4) is 0 Å². The van der Waals surface area contributed by atoms with E-state index in [2.05, 4.69) is 26.8 Å². The van der Waals surface area contributed by atoms with E-state index in [1.54, 1.807) is 21.3 Å². The zero-order valence-electron chi connectivity index (χ0n) is 18.7. The number of nitrogen functional groups attached to an aromatic ring is 2. The summed E-state index contributed by atoms with van der Waals surface area (Å²) in [6.45, 7) is 6.58. The highest BCUT2D eigenvalue weighted by Gasteiger charge is 2.29. The Morgan fingerprint density at radius 1 is 0.793 bits per heavy atom. The predicted octanol–water partition coefficient (Wildman–Crippen LogP) is 5.53. The summed E-state index contributed by atoms with van der Waals surface area (Å²) in [5.74, 6) is 2.69. The number of anilines is 2. The van der Waals surface area contributed by atoms with Gasteiger partial charge in [-0.05, 0) is 48.6 Å². The zero-order valence-corrected chi connectivity index (χ0v) is 18.7. The van der Waals surface area contributed by atoms with Crippen molar-refractivity contribution in [2.75, 3.05) is 32.8 Å². The summed E-state index contributed by atoms with van der Waals surface area (Å²) < 4.78 is 16.8. The summed E-state index contributed by atoms with van der Waals surface area (Å²) in [4.78, 5) is 0. The van der Waals surface area contributed by atoms with Crippen LogP contribution in [0.4, 0.5) is 11.4 Å². The van der Waals surface area contributed by atoms with Gasteiger partial charge < -0.3 is 25.7 Å². The fourth-order valence-corrected chi connectivity index (χ4v) is 4.17. The Labute approximate surface area is 175 Å². The smallest absolute Gasteiger partial charge is 0.142 e. The van der Waals surface area contributed by atoms with Gasteiger partial charge in [-0.3, -0.25) is 0 Å². The van der Waals surface area contributed by atoms with Gasteiger partial charge in [-0.1, -0.05) is 33.1 Å². The van der Waals surface area contributed by atoms with E-state index in [1.807, 2.05) is 18.2 Å². The van der Waals surface area contributed by atoms with Crippen molar-refractivity contribution in [3.05, 3.63) is 41.0 Å². The van der Waals surface area contributed by atoms with Crippen LogP contribution in [0.1, 0.15) is 62.1 Å². The van der Waals surface area contributed by atoms with Crippen LogP contribution in [0.25, 0.3) is 0 Å². The number of aryl methyl sites for hydroxylation is 1. The highest BCUT2D eigenvalue weighted by Crippen LogP contribution is 2.46. The van der Waals surface area contributed by atoms with Crippen LogP contribution >= 0.6 is 0 Å². The van der Waals surface area contributed by atoms with Crippen molar-refractivity contribution < 1.29 is 14.2 Å². The number of ether oxygens (including phenoxy) is 3. The first-order valence-electron chi connectivity index (χ1n) is 10.4. The molecule has 0 saturated carbocycles. The summed E-state index contributed by atoms with van der Waals surface area (Å²) in [7, 11) is 4.98. The summed E-state index contributed by atoms with van der Waals surface area (Å²) >= 11 is 0. The van der Waals surface area contributed by atoms with E-state index in [0.717, 1.165) is 36.1 Å². The van der Waals surface area contributed by atoms with E-state index in [9.17, 15) is 0 Å². The molecule has 0 heterocycles. The van der Waals surface area contributed by atoms with Crippen LogP contribution in [0.15, 0.2) is 24.3 Å². The second-order valence-corrected chi connectivity index (χ2v) is 7.58. The molecule has 5 heteroatoms. The maximum absolute atomic E-state index is 6.16. The molecule has 2 aromatic carbocycles. The molecule has 2 rings (SSSR count). The highest BCUT2D eigenvalue weighted by molar-refractivity contribution is 5.63. The van der Waals surface area contributed by atoms with E-state index >= 15 is 0 Å². The lowest BCUT2D eigenvalue weighted by molar-refractivity contribution is 0.369. The molecular formula is C24H36N2O3. The quantitative estimate of drug-likeness (QED) is 0.512. The van der Waals surface area contributed by atoms with Gasteiger partial charge >= 0.3 is 0 Å². The van der Waals surface area contributed by atoms with Crippen molar-refractivity contribution in [1.82, 2.24) is 0 Å². The molecule has 0 saturated heterocycles. The average Bonchev–Trinajstić information content (AvgIpc) is 2.72. The fraction of sp³-hybridized carbons (Fsp3) is 0.500. The molecule has 2 atom stereocenters. The van der Waals surface area contributed by atoms with Gasteiger partial charge in [0.05, 0.1) is 32.7 Å². The van der Waals surface area contributed by atoms with Crippen LogP contribution in [-0.4, -0.2) is 21.3 Å². The maximum Gasteiger partial charge on any atom is 0.142 e. The number of unbranched alkanes of at least 4 members (excludes halogenated alkanes) is 1. The van der Waals surface area contributed by atoms with Crippen molar-refractivity contribution in [2.45, 2.75) is 52.4 Å². The molecular weight excluding hydrogens is 364 g/mol. The monoisotopic (exact) mass is 400 g/mol. The van der Waals surface area contributed by atoms with Gasteiger partial charge in [-0.15, -0.1) is 0 Å². The molecule has 0 aliphatic carbocycles. The minimum atomic E-state index is 0.116. The molecule has 2 unspecified atom stereocenters. The number of hydrogen-bond donors (Lipinski definition) is 2. The average molecular weight is 401 g/mol. The first-order chi connectivity index (χ1) is 13.9. The first kappa shape index (κ1) is 22.7. The molecule has 0 amide bonds. The van der Waals surface area contributed by atoms with Gasteiger partial charge in [-0.2, -0.15) is 0 Å². The number of rotatable bonds is 10. The largest absolute Gasteiger partial charge is 0.496 e. The molecule has 0 aromatic heterocycles. The third-order valence-corrected chi connectivity index (χ3v) is 5.79. The van der Waals surface area contributed by atoms with Gasteiger partial charge in [-0.25, -0.2) is 0 Å². The Morgan fingerprint density at radius 3 is 1.86 bits per heavy atom. The lowest BCUT2D eigenvalue weighted by Crippen LogP contribution is -2.17. The summed E-state index contributed by atoms with van der Waals surface area (Å²) in [5, 5.41) is 0. The molecule has 0 fully saturated rings. The van der Waals surface area contributed by atoms with Crippen molar-refractivity contribution in [1.29, 1.82) is 0 Å². The molecule has 29 heavy (non-hydrogen) atoms. The third-order valence-electron chi connectivity index (χ3n) is 5.79.